The predicted molar refractivity (Wildman–Crippen MR) is 93.9 cm³/mol. The first-order chi connectivity index (χ1) is 10.2. The van der Waals surface area contributed by atoms with E-state index < -0.39 is 0 Å². The summed E-state index contributed by atoms with van der Waals surface area (Å²) in [5, 5.41) is 5.92. The zero-order valence-corrected chi connectivity index (χ0v) is 14.8. The van der Waals surface area contributed by atoms with Gasteiger partial charge >= 0.3 is 0 Å². The Morgan fingerprint density at radius 1 is 1.33 bits per heavy atom. The van der Waals surface area contributed by atoms with Crippen LogP contribution >= 0.6 is 11.3 Å². The summed E-state index contributed by atoms with van der Waals surface area (Å²) >= 11 is 1.88. The van der Waals surface area contributed by atoms with Gasteiger partial charge in [0, 0.05) is 24.0 Å². The van der Waals surface area contributed by atoms with Gasteiger partial charge in [0.15, 0.2) is 0 Å². The third-order valence-electron chi connectivity index (χ3n) is 4.81. The molecule has 0 radical (unpaired) electrons. The zero-order valence-electron chi connectivity index (χ0n) is 14.0. The van der Waals surface area contributed by atoms with Gasteiger partial charge in [0.1, 0.15) is 0 Å². The molecule has 1 aliphatic carbocycles. The van der Waals surface area contributed by atoms with E-state index in [1.165, 1.54) is 43.5 Å². The minimum Gasteiger partial charge on any atom is -0.314 e. The Morgan fingerprint density at radius 3 is 2.86 bits per heavy atom. The molecule has 0 bridgehead atoms. The van der Waals surface area contributed by atoms with E-state index in [0.29, 0.717) is 0 Å². The van der Waals surface area contributed by atoms with Crippen molar-refractivity contribution in [2.75, 3.05) is 20.1 Å². The lowest BCUT2D eigenvalue weighted by Crippen LogP contribution is -2.45. The van der Waals surface area contributed by atoms with Crippen molar-refractivity contribution in [3.63, 3.8) is 0 Å². The minimum absolute atomic E-state index is 0.730. The first-order valence-electron chi connectivity index (χ1n) is 8.67. The maximum atomic E-state index is 3.74. The van der Waals surface area contributed by atoms with Crippen LogP contribution in [0, 0.1) is 11.8 Å². The van der Waals surface area contributed by atoms with Crippen molar-refractivity contribution < 1.29 is 0 Å². The molecule has 1 aromatic rings. The Bertz CT molecular complexity index is 377. The van der Waals surface area contributed by atoms with Gasteiger partial charge in [0.2, 0.25) is 0 Å². The number of hydrogen-bond donors (Lipinski definition) is 1. The van der Waals surface area contributed by atoms with Gasteiger partial charge in [-0.3, -0.25) is 0 Å². The fourth-order valence-corrected chi connectivity index (χ4v) is 4.68. The van der Waals surface area contributed by atoms with E-state index in [-0.39, 0.29) is 0 Å². The summed E-state index contributed by atoms with van der Waals surface area (Å²) in [5.74, 6) is 1.78. The average Bonchev–Trinajstić information content (AvgIpc) is 2.95. The van der Waals surface area contributed by atoms with E-state index in [9.17, 15) is 0 Å². The molecule has 21 heavy (non-hydrogen) atoms. The smallest absolute Gasteiger partial charge is 0.0324 e. The normalized spacial score (nSPS) is 26.4. The first kappa shape index (κ1) is 17.0. The van der Waals surface area contributed by atoms with Gasteiger partial charge in [-0.25, -0.2) is 0 Å². The van der Waals surface area contributed by atoms with Crippen LogP contribution in [-0.4, -0.2) is 31.1 Å². The summed E-state index contributed by atoms with van der Waals surface area (Å²) in [6.45, 7) is 8.01. The predicted octanol–water partition coefficient (Wildman–Crippen LogP) is 4.37. The molecule has 1 saturated carbocycles. The largest absolute Gasteiger partial charge is 0.314 e. The lowest BCUT2D eigenvalue weighted by molar-refractivity contribution is 0.148. The van der Waals surface area contributed by atoms with Gasteiger partial charge in [-0.05, 0) is 56.1 Å². The third-order valence-corrected chi connectivity index (χ3v) is 5.67. The summed E-state index contributed by atoms with van der Waals surface area (Å²) < 4.78 is 0. The topological polar surface area (TPSA) is 15.3 Å². The molecule has 3 unspecified atom stereocenters. The van der Waals surface area contributed by atoms with Gasteiger partial charge < -0.3 is 10.2 Å². The summed E-state index contributed by atoms with van der Waals surface area (Å²) in [6, 6.07) is 5.14. The molecule has 0 spiro atoms. The lowest BCUT2D eigenvalue weighted by Gasteiger charge is -2.38. The maximum absolute atomic E-state index is 3.74. The van der Waals surface area contributed by atoms with E-state index in [2.05, 4.69) is 48.6 Å². The molecule has 1 aliphatic rings. The fraction of sp³-hybridized carbons (Fsp3) is 0.778. The monoisotopic (exact) mass is 308 g/mol. The van der Waals surface area contributed by atoms with Crippen LogP contribution in [0.2, 0.25) is 0 Å². The number of rotatable bonds is 8. The highest BCUT2D eigenvalue weighted by atomic mass is 32.1. The molecule has 1 N–H and O–H groups in total. The lowest BCUT2D eigenvalue weighted by atomic mass is 9.76. The number of nitrogens with zero attached hydrogens (tertiary/aromatic N) is 1. The summed E-state index contributed by atoms with van der Waals surface area (Å²) in [5.41, 5.74) is 0. The second-order valence-electron chi connectivity index (χ2n) is 6.67. The molecule has 120 valence electrons. The fourth-order valence-electron chi connectivity index (χ4n) is 3.90. The number of hydrogen-bond acceptors (Lipinski definition) is 3. The summed E-state index contributed by atoms with van der Waals surface area (Å²) in [6.07, 6.45) is 6.98. The molecule has 1 aromatic heterocycles. The van der Waals surface area contributed by atoms with Crippen LogP contribution in [0.15, 0.2) is 17.5 Å². The van der Waals surface area contributed by atoms with Gasteiger partial charge in [-0.1, -0.05) is 32.8 Å². The molecule has 0 aliphatic heterocycles. The summed E-state index contributed by atoms with van der Waals surface area (Å²) in [7, 11) is 2.28. The van der Waals surface area contributed by atoms with Crippen LogP contribution < -0.4 is 5.32 Å². The van der Waals surface area contributed by atoms with Crippen molar-refractivity contribution in [1.82, 2.24) is 10.2 Å². The molecule has 1 heterocycles. The highest BCUT2D eigenvalue weighted by Crippen LogP contribution is 2.33. The van der Waals surface area contributed by atoms with Crippen molar-refractivity contribution in [3.8, 4) is 0 Å². The Morgan fingerprint density at radius 2 is 2.19 bits per heavy atom. The highest BCUT2D eigenvalue weighted by Gasteiger charge is 2.30. The minimum atomic E-state index is 0.730. The average molecular weight is 309 g/mol. The van der Waals surface area contributed by atoms with E-state index in [0.717, 1.165) is 31.0 Å². The van der Waals surface area contributed by atoms with Crippen LogP contribution in [-0.2, 0) is 6.54 Å². The Balaban J connectivity index is 1.88. The van der Waals surface area contributed by atoms with Crippen LogP contribution in [0.1, 0.15) is 50.8 Å². The van der Waals surface area contributed by atoms with E-state index in [1.807, 2.05) is 11.3 Å². The molecule has 2 rings (SSSR count). The van der Waals surface area contributed by atoms with Gasteiger partial charge in [-0.15, -0.1) is 11.3 Å². The molecule has 0 saturated heterocycles. The second-order valence-corrected chi connectivity index (χ2v) is 7.70. The Labute approximate surface area is 134 Å². The van der Waals surface area contributed by atoms with Crippen molar-refractivity contribution in [2.45, 2.75) is 58.5 Å². The van der Waals surface area contributed by atoms with E-state index in [4.69, 9.17) is 0 Å². The van der Waals surface area contributed by atoms with Gasteiger partial charge in [-0.2, -0.15) is 0 Å². The third kappa shape index (κ3) is 5.39. The standard InChI is InChI=1S/C18H32N2S/c1-4-7-15-9-10-18(19-5-2)16(12-15)13-20(3)14-17-8-6-11-21-17/h6,8,11,15-16,18-19H,4-5,7,9-10,12-14H2,1-3H3. The van der Waals surface area contributed by atoms with Crippen molar-refractivity contribution in [2.24, 2.45) is 11.8 Å². The molecule has 0 aromatic carbocycles. The summed E-state index contributed by atoms with van der Waals surface area (Å²) in [4.78, 5) is 4.01. The maximum Gasteiger partial charge on any atom is 0.0324 e. The molecular weight excluding hydrogens is 276 g/mol. The Hall–Kier alpha value is -0.380. The van der Waals surface area contributed by atoms with Crippen LogP contribution in [0.4, 0.5) is 0 Å². The Kier molecular flexibility index (Phi) is 7.21. The number of thiophene rings is 1. The quantitative estimate of drug-likeness (QED) is 0.767. The molecular formula is C18H32N2S. The highest BCUT2D eigenvalue weighted by molar-refractivity contribution is 7.09. The SMILES string of the molecule is CCCC1CCC(NCC)C(CN(C)Cc2cccs2)C1. The van der Waals surface area contributed by atoms with Crippen LogP contribution in [0.3, 0.4) is 0 Å². The molecule has 2 nitrogen and oxygen atoms in total. The zero-order chi connectivity index (χ0) is 15.1. The second kappa shape index (κ2) is 8.92. The molecule has 0 amide bonds. The van der Waals surface area contributed by atoms with Gasteiger partial charge in [0.25, 0.3) is 0 Å². The number of nitrogens with one attached hydrogen (secondary N) is 1. The molecule has 3 heteroatoms. The van der Waals surface area contributed by atoms with Crippen molar-refractivity contribution in [1.29, 1.82) is 0 Å². The van der Waals surface area contributed by atoms with Crippen LogP contribution in [0.25, 0.3) is 0 Å². The van der Waals surface area contributed by atoms with Gasteiger partial charge in [0.05, 0.1) is 0 Å². The first-order valence-corrected chi connectivity index (χ1v) is 9.55. The molecule has 1 fully saturated rings. The van der Waals surface area contributed by atoms with E-state index in [1.54, 1.807) is 0 Å². The van der Waals surface area contributed by atoms with E-state index >= 15 is 0 Å². The van der Waals surface area contributed by atoms with Crippen molar-refractivity contribution >= 4 is 11.3 Å². The molecule has 3 atom stereocenters. The van der Waals surface area contributed by atoms with Crippen LogP contribution in [0.5, 0.6) is 0 Å². The van der Waals surface area contributed by atoms with Crippen molar-refractivity contribution in [3.05, 3.63) is 22.4 Å².